The monoisotopic (exact) mass is 349 g/mol. The van der Waals surface area contributed by atoms with Gasteiger partial charge in [-0.1, -0.05) is 36.4 Å². The number of likely N-dealkylation sites (N-methyl/N-ethyl adjacent to an activating group) is 1. The van der Waals surface area contributed by atoms with Crippen LogP contribution in [0.1, 0.15) is 11.7 Å². The second-order valence-corrected chi connectivity index (χ2v) is 6.11. The molecule has 1 heterocycles. The SMILES string of the molecule is CNC[C@@H](O)[C@@H](Oc1cccc2sccc12)c1ccccc1.Cl. The van der Waals surface area contributed by atoms with Crippen LogP contribution < -0.4 is 10.1 Å². The summed E-state index contributed by atoms with van der Waals surface area (Å²) in [5, 5.41) is 16.6. The van der Waals surface area contributed by atoms with Gasteiger partial charge < -0.3 is 15.2 Å². The third kappa shape index (κ3) is 4.03. The van der Waals surface area contributed by atoms with Gasteiger partial charge in [-0.3, -0.25) is 0 Å². The minimum absolute atomic E-state index is 0. The second kappa shape index (κ2) is 8.31. The first-order valence-electron chi connectivity index (χ1n) is 7.30. The Morgan fingerprint density at radius 2 is 1.87 bits per heavy atom. The van der Waals surface area contributed by atoms with E-state index in [9.17, 15) is 5.11 Å². The molecule has 0 saturated heterocycles. The van der Waals surface area contributed by atoms with Crippen LogP contribution in [-0.4, -0.2) is 24.8 Å². The van der Waals surface area contributed by atoms with Gasteiger partial charge in [0.05, 0.1) is 0 Å². The molecule has 0 fully saturated rings. The van der Waals surface area contributed by atoms with Crippen LogP contribution in [-0.2, 0) is 0 Å². The third-order valence-corrected chi connectivity index (χ3v) is 4.48. The van der Waals surface area contributed by atoms with E-state index >= 15 is 0 Å². The molecule has 5 heteroatoms. The number of halogens is 1. The number of hydrogen-bond donors (Lipinski definition) is 2. The number of fused-ring (bicyclic) bond motifs is 1. The van der Waals surface area contributed by atoms with Gasteiger partial charge in [-0.2, -0.15) is 0 Å². The molecule has 1 aromatic heterocycles. The van der Waals surface area contributed by atoms with E-state index in [0.717, 1.165) is 16.7 Å². The Balaban J connectivity index is 0.00000192. The Bertz CT molecular complexity index is 732. The highest BCUT2D eigenvalue weighted by Crippen LogP contribution is 2.33. The predicted molar refractivity (Wildman–Crippen MR) is 98.8 cm³/mol. The molecule has 0 radical (unpaired) electrons. The average Bonchev–Trinajstić information content (AvgIpc) is 3.03. The standard InChI is InChI=1S/C18H19NO2S.ClH/c1-19-12-15(20)18(13-6-3-2-4-7-13)21-16-8-5-9-17-14(16)10-11-22-17;/h2-11,15,18-20H,12H2,1H3;1H/t15-,18+;/m1./s1. The van der Waals surface area contributed by atoms with E-state index < -0.39 is 12.2 Å². The number of aliphatic hydroxyl groups excluding tert-OH is 1. The molecule has 3 aromatic rings. The topological polar surface area (TPSA) is 41.5 Å². The molecule has 2 N–H and O–H groups in total. The van der Waals surface area contributed by atoms with E-state index in [1.165, 1.54) is 4.70 Å². The van der Waals surface area contributed by atoms with Gasteiger partial charge >= 0.3 is 0 Å². The highest BCUT2D eigenvalue weighted by molar-refractivity contribution is 7.17. The van der Waals surface area contributed by atoms with Crippen molar-refractivity contribution in [2.45, 2.75) is 12.2 Å². The molecule has 0 unspecified atom stereocenters. The second-order valence-electron chi connectivity index (χ2n) is 5.16. The summed E-state index contributed by atoms with van der Waals surface area (Å²) in [7, 11) is 1.82. The lowest BCUT2D eigenvalue weighted by Gasteiger charge is -2.25. The Morgan fingerprint density at radius 3 is 2.61 bits per heavy atom. The Kier molecular flexibility index (Phi) is 6.42. The molecule has 0 aliphatic heterocycles. The minimum atomic E-state index is -0.624. The smallest absolute Gasteiger partial charge is 0.151 e. The van der Waals surface area contributed by atoms with E-state index in [1.807, 2.05) is 49.5 Å². The zero-order valence-corrected chi connectivity index (χ0v) is 14.4. The van der Waals surface area contributed by atoms with Gasteiger partial charge in [-0.15, -0.1) is 23.7 Å². The van der Waals surface area contributed by atoms with Crippen molar-refractivity contribution in [1.29, 1.82) is 0 Å². The van der Waals surface area contributed by atoms with E-state index in [2.05, 4.69) is 22.8 Å². The summed E-state index contributed by atoms with van der Waals surface area (Å²) in [6, 6.07) is 17.9. The maximum atomic E-state index is 10.5. The number of rotatable bonds is 6. The molecule has 2 atom stereocenters. The lowest BCUT2D eigenvalue weighted by Crippen LogP contribution is -2.32. The van der Waals surface area contributed by atoms with Crippen molar-refractivity contribution < 1.29 is 9.84 Å². The van der Waals surface area contributed by atoms with Crippen molar-refractivity contribution in [3.8, 4) is 5.75 Å². The molecular formula is C18H20ClNO2S. The molecule has 3 nitrogen and oxygen atoms in total. The highest BCUT2D eigenvalue weighted by atomic mass is 35.5. The molecule has 2 aromatic carbocycles. The largest absolute Gasteiger partial charge is 0.482 e. The summed E-state index contributed by atoms with van der Waals surface area (Å²) in [4.78, 5) is 0. The summed E-state index contributed by atoms with van der Waals surface area (Å²) in [5.41, 5.74) is 0.970. The Labute approximate surface area is 146 Å². The van der Waals surface area contributed by atoms with Crippen LogP contribution in [0.25, 0.3) is 10.1 Å². The summed E-state index contributed by atoms with van der Waals surface area (Å²) in [6.45, 7) is 0.471. The number of ether oxygens (including phenoxy) is 1. The maximum Gasteiger partial charge on any atom is 0.151 e. The summed E-state index contributed by atoms with van der Waals surface area (Å²) >= 11 is 1.69. The summed E-state index contributed by atoms with van der Waals surface area (Å²) in [6.07, 6.45) is -1.03. The molecule has 0 amide bonds. The van der Waals surface area contributed by atoms with Gasteiger partial charge in [-0.05, 0) is 36.2 Å². The van der Waals surface area contributed by atoms with E-state index in [-0.39, 0.29) is 12.4 Å². The van der Waals surface area contributed by atoms with Gasteiger partial charge in [0.25, 0.3) is 0 Å². The van der Waals surface area contributed by atoms with Crippen molar-refractivity contribution in [1.82, 2.24) is 5.32 Å². The molecular weight excluding hydrogens is 330 g/mol. The molecule has 0 aliphatic rings. The maximum absolute atomic E-state index is 10.5. The first-order chi connectivity index (χ1) is 10.8. The molecule has 0 spiro atoms. The zero-order valence-electron chi connectivity index (χ0n) is 12.8. The normalized spacial score (nSPS) is 13.3. The molecule has 0 saturated carbocycles. The van der Waals surface area contributed by atoms with Gasteiger partial charge in [0.2, 0.25) is 0 Å². The third-order valence-electron chi connectivity index (χ3n) is 3.60. The van der Waals surface area contributed by atoms with E-state index in [0.29, 0.717) is 6.54 Å². The molecule has 3 rings (SSSR count). The fourth-order valence-electron chi connectivity index (χ4n) is 2.53. The van der Waals surface area contributed by atoms with Crippen LogP contribution in [0.3, 0.4) is 0 Å². The quantitative estimate of drug-likeness (QED) is 0.706. The summed E-state index contributed by atoms with van der Waals surface area (Å²) < 4.78 is 7.39. The van der Waals surface area contributed by atoms with Crippen molar-refractivity contribution in [3.63, 3.8) is 0 Å². The lowest BCUT2D eigenvalue weighted by molar-refractivity contribution is 0.0379. The van der Waals surface area contributed by atoms with Gasteiger partial charge in [0, 0.05) is 16.6 Å². The predicted octanol–water partition coefficient (Wildman–Crippen LogP) is 4.02. The van der Waals surface area contributed by atoms with Crippen LogP contribution in [0.15, 0.2) is 60.0 Å². The van der Waals surface area contributed by atoms with Crippen molar-refractivity contribution in [2.24, 2.45) is 0 Å². The minimum Gasteiger partial charge on any atom is -0.482 e. The molecule has 0 aliphatic carbocycles. The van der Waals surface area contributed by atoms with Crippen LogP contribution in [0, 0.1) is 0 Å². The van der Waals surface area contributed by atoms with E-state index in [4.69, 9.17) is 4.74 Å². The number of benzene rings is 2. The van der Waals surface area contributed by atoms with Crippen LogP contribution in [0.5, 0.6) is 5.75 Å². The fourth-order valence-corrected chi connectivity index (χ4v) is 3.34. The molecule has 122 valence electrons. The average molecular weight is 350 g/mol. The van der Waals surface area contributed by atoms with Crippen molar-refractivity contribution >= 4 is 33.8 Å². The number of nitrogens with one attached hydrogen (secondary N) is 1. The van der Waals surface area contributed by atoms with Crippen LogP contribution in [0.2, 0.25) is 0 Å². The Morgan fingerprint density at radius 1 is 1.09 bits per heavy atom. The highest BCUT2D eigenvalue weighted by Gasteiger charge is 2.23. The summed E-state index contributed by atoms with van der Waals surface area (Å²) in [5.74, 6) is 0.808. The number of aliphatic hydroxyl groups is 1. The first-order valence-corrected chi connectivity index (χ1v) is 8.18. The number of thiophene rings is 1. The van der Waals surface area contributed by atoms with Crippen molar-refractivity contribution in [3.05, 3.63) is 65.5 Å². The van der Waals surface area contributed by atoms with Crippen LogP contribution >= 0.6 is 23.7 Å². The van der Waals surface area contributed by atoms with Crippen molar-refractivity contribution in [2.75, 3.05) is 13.6 Å². The van der Waals surface area contributed by atoms with E-state index in [1.54, 1.807) is 11.3 Å². The van der Waals surface area contributed by atoms with Gasteiger partial charge in [0.15, 0.2) is 6.10 Å². The zero-order chi connectivity index (χ0) is 15.4. The molecule has 0 bridgehead atoms. The first kappa shape index (κ1) is 17.8. The number of hydrogen-bond acceptors (Lipinski definition) is 4. The van der Waals surface area contributed by atoms with Crippen LogP contribution in [0.4, 0.5) is 0 Å². The Hall–Kier alpha value is -1.59. The molecule has 23 heavy (non-hydrogen) atoms. The van der Waals surface area contributed by atoms with Gasteiger partial charge in [-0.25, -0.2) is 0 Å². The fraction of sp³-hybridized carbons (Fsp3) is 0.222. The van der Waals surface area contributed by atoms with Gasteiger partial charge in [0.1, 0.15) is 11.9 Å². The lowest BCUT2D eigenvalue weighted by atomic mass is 10.0.